The summed E-state index contributed by atoms with van der Waals surface area (Å²) in [6.45, 7) is 16.3. The summed E-state index contributed by atoms with van der Waals surface area (Å²) in [5.74, 6) is 3.58. The molecule has 162 valence electrons. The van der Waals surface area contributed by atoms with Crippen LogP contribution < -0.4 is 0 Å². The van der Waals surface area contributed by atoms with Gasteiger partial charge in [-0.25, -0.2) is 0 Å². The van der Waals surface area contributed by atoms with Gasteiger partial charge in [-0.2, -0.15) is 0 Å². The molecule has 0 amide bonds. The van der Waals surface area contributed by atoms with Crippen LogP contribution >= 0.6 is 0 Å². The second-order valence-electron chi connectivity index (χ2n) is 10.9. The fourth-order valence-corrected chi connectivity index (χ4v) is 6.25. The number of fused-ring (bicyclic) bond motifs is 1. The lowest BCUT2D eigenvalue weighted by Gasteiger charge is -2.44. The zero-order valence-corrected chi connectivity index (χ0v) is 19.6. The highest BCUT2D eigenvalue weighted by molar-refractivity contribution is 5.36. The van der Waals surface area contributed by atoms with E-state index in [0.717, 1.165) is 37.0 Å². The molecule has 3 saturated carbocycles. The lowest BCUT2D eigenvalue weighted by Crippen LogP contribution is -2.35. The topological polar surface area (TPSA) is 20.2 Å². The van der Waals surface area contributed by atoms with Crippen LogP contribution in [0.4, 0.5) is 0 Å². The second kappa shape index (κ2) is 9.38. The van der Waals surface area contributed by atoms with Crippen molar-refractivity contribution in [2.24, 2.45) is 35.0 Å². The van der Waals surface area contributed by atoms with Gasteiger partial charge in [0.2, 0.25) is 0 Å². The van der Waals surface area contributed by atoms with Crippen LogP contribution in [0.2, 0.25) is 0 Å². The van der Waals surface area contributed by atoms with E-state index in [2.05, 4.69) is 65.5 Å². The largest absolute Gasteiger partial charge is 0.393 e. The van der Waals surface area contributed by atoms with Gasteiger partial charge in [-0.1, -0.05) is 76.6 Å². The van der Waals surface area contributed by atoms with E-state index in [1.165, 1.54) is 43.3 Å². The Morgan fingerprint density at radius 3 is 2.52 bits per heavy atom. The predicted molar refractivity (Wildman–Crippen MR) is 126 cm³/mol. The van der Waals surface area contributed by atoms with Gasteiger partial charge < -0.3 is 5.11 Å². The Morgan fingerprint density at radius 2 is 1.79 bits per heavy atom. The number of aliphatic hydroxyl groups is 1. The first-order valence-corrected chi connectivity index (χ1v) is 12.2. The number of hydrogen-bond acceptors (Lipinski definition) is 1. The minimum atomic E-state index is -0.182. The molecule has 29 heavy (non-hydrogen) atoms. The van der Waals surface area contributed by atoms with Crippen molar-refractivity contribution in [3.05, 3.63) is 47.6 Å². The van der Waals surface area contributed by atoms with Crippen LogP contribution in [0.25, 0.3) is 0 Å². The molecule has 6 atom stereocenters. The molecule has 0 aliphatic heterocycles. The Labute approximate surface area is 180 Å². The third kappa shape index (κ3) is 4.98. The molecule has 3 aliphatic rings. The van der Waals surface area contributed by atoms with E-state index in [1.807, 2.05) is 0 Å². The SMILES string of the molecule is C=C1CC[C@H](O)C/C1=C\C=C1/CCC[C@]2(C)[C@@H]1CC[C@@H]2[C@H](C)/C=C/[C@@H](C)C(C)C. The standard InChI is InChI=1S/C28H44O/c1-19(2)20(3)9-10-22(5)26-15-16-27-23(8-7-17-28(26,27)6)12-13-24-18-25(29)14-11-21(24)4/h9-10,12-13,19-20,22,25-27,29H,4,7-8,11,14-18H2,1-3,5-6H3/b10-9+,23-12+,24-13+/t20-,22-,25+,26-,27-,28+/m1/s1. The number of allylic oxidation sites excluding steroid dienone is 6. The summed E-state index contributed by atoms with van der Waals surface area (Å²) in [5.41, 5.74) is 4.61. The van der Waals surface area contributed by atoms with Crippen molar-refractivity contribution >= 4 is 0 Å². The van der Waals surface area contributed by atoms with Gasteiger partial charge >= 0.3 is 0 Å². The van der Waals surface area contributed by atoms with Gasteiger partial charge in [0.05, 0.1) is 6.10 Å². The average Bonchev–Trinajstić information content (AvgIpc) is 3.04. The Kier molecular flexibility index (Phi) is 7.31. The van der Waals surface area contributed by atoms with E-state index in [9.17, 15) is 5.11 Å². The lowest BCUT2D eigenvalue weighted by atomic mass is 9.61. The van der Waals surface area contributed by atoms with Crippen molar-refractivity contribution in [3.63, 3.8) is 0 Å². The minimum absolute atomic E-state index is 0.182. The molecule has 0 saturated heterocycles. The molecule has 1 heteroatoms. The number of hydrogen-bond donors (Lipinski definition) is 1. The molecule has 0 spiro atoms. The maximum atomic E-state index is 10.0. The summed E-state index contributed by atoms with van der Waals surface area (Å²) < 4.78 is 0. The molecule has 3 fully saturated rings. The highest BCUT2D eigenvalue weighted by Gasteiger charge is 2.50. The summed E-state index contributed by atoms with van der Waals surface area (Å²) in [4.78, 5) is 0. The quantitative estimate of drug-likeness (QED) is 0.473. The van der Waals surface area contributed by atoms with Gasteiger partial charge in [0, 0.05) is 0 Å². The van der Waals surface area contributed by atoms with Gasteiger partial charge in [0.25, 0.3) is 0 Å². The van der Waals surface area contributed by atoms with Crippen LogP contribution in [0, 0.1) is 35.0 Å². The van der Waals surface area contributed by atoms with Crippen LogP contribution in [0.5, 0.6) is 0 Å². The van der Waals surface area contributed by atoms with Crippen LogP contribution in [-0.4, -0.2) is 11.2 Å². The van der Waals surface area contributed by atoms with Crippen LogP contribution in [0.1, 0.15) is 86.0 Å². The van der Waals surface area contributed by atoms with E-state index < -0.39 is 0 Å². The highest BCUT2D eigenvalue weighted by Crippen LogP contribution is 2.59. The van der Waals surface area contributed by atoms with Crippen LogP contribution in [0.15, 0.2) is 47.6 Å². The first kappa shape index (κ1) is 22.6. The van der Waals surface area contributed by atoms with Crippen LogP contribution in [-0.2, 0) is 0 Å². The maximum absolute atomic E-state index is 10.0. The predicted octanol–water partition coefficient (Wildman–Crippen LogP) is 7.64. The fourth-order valence-electron chi connectivity index (χ4n) is 6.25. The first-order chi connectivity index (χ1) is 13.7. The van der Waals surface area contributed by atoms with Crippen molar-refractivity contribution in [2.45, 2.75) is 92.1 Å². The molecular formula is C28H44O. The fraction of sp³-hybridized carbons (Fsp3) is 0.714. The highest BCUT2D eigenvalue weighted by atomic mass is 16.3. The monoisotopic (exact) mass is 396 g/mol. The zero-order chi connectivity index (χ0) is 21.2. The molecule has 0 radical (unpaired) electrons. The molecule has 0 heterocycles. The molecular weight excluding hydrogens is 352 g/mol. The van der Waals surface area contributed by atoms with Gasteiger partial charge in [-0.15, -0.1) is 0 Å². The van der Waals surface area contributed by atoms with Gasteiger partial charge in [-0.3, -0.25) is 0 Å². The van der Waals surface area contributed by atoms with Crippen molar-refractivity contribution in [3.8, 4) is 0 Å². The maximum Gasteiger partial charge on any atom is 0.0583 e. The van der Waals surface area contributed by atoms with E-state index in [1.54, 1.807) is 5.57 Å². The first-order valence-electron chi connectivity index (χ1n) is 12.2. The van der Waals surface area contributed by atoms with E-state index >= 15 is 0 Å². The smallest absolute Gasteiger partial charge is 0.0583 e. The average molecular weight is 397 g/mol. The Bertz CT molecular complexity index is 678. The molecule has 3 aliphatic carbocycles. The summed E-state index contributed by atoms with van der Waals surface area (Å²) in [7, 11) is 0. The Hall–Kier alpha value is -1.08. The third-order valence-electron chi connectivity index (χ3n) is 8.63. The Morgan fingerprint density at radius 1 is 1.03 bits per heavy atom. The van der Waals surface area contributed by atoms with Crippen molar-refractivity contribution < 1.29 is 5.11 Å². The summed E-state index contributed by atoms with van der Waals surface area (Å²) in [6.07, 6.45) is 18.8. The molecule has 3 rings (SSSR count). The van der Waals surface area contributed by atoms with Crippen molar-refractivity contribution in [1.29, 1.82) is 0 Å². The molecule has 1 nitrogen and oxygen atoms in total. The van der Waals surface area contributed by atoms with E-state index in [0.29, 0.717) is 17.3 Å². The molecule has 1 N–H and O–H groups in total. The van der Waals surface area contributed by atoms with Crippen LogP contribution in [0.3, 0.4) is 0 Å². The minimum Gasteiger partial charge on any atom is -0.393 e. The third-order valence-corrected chi connectivity index (χ3v) is 8.63. The van der Waals surface area contributed by atoms with Crippen molar-refractivity contribution in [2.75, 3.05) is 0 Å². The van der Waals surface area contributed by atoms with Gasteiger partial charge in [0.15, 0.2) is 0 Å². The summed E-state index contributed by atoms with van der Waals surface area (Å²) in [6, 6.07) is 0. The molecule has 0 aromatic heterocycles. The second-order valence-corrected chi connectivity index (χ2v) is 10.9. The summed E-state index contributed by atoms with van der Waals surface area (Å²) >= 11 is 0. The molecule has 0 bridgehead atoms. The van der Waals surface area contributed by atoms with E-state index in [4.69, 9.17) is 0 Å². The van der Waals surface area contributed by atoms with Gasteiger partial charge in [0.1, 0.15) is 0 Å². The molecule has 0 aromatic rings. The lowest BCUT2D eigenvalue weighted by molar-refractivity contribution is 0.112. The molecule has 0 aromatic carbocycles. The number of aliphatic hydroxyl groups excluding tert-OH is 1. The van der Waals surface area contributed by atoms with Crippen molar-refractivity contribution in [1.82, 2.24) is 0 Å². The molecule has 0 unspecified atom stereocenters. The Balaban J connectivity index is 1.75. The zero-order valence-electron chi connectivity index (χ0n) is 19.6. The summed E-state index contributed by atoms with van der Waals surface area (Å²) in [5, 5.41) is 10.0. The van der Waals surface area contributed by atoms with E-state index in [-0.39, 0.29) is 6.10 Å². The normalized spacial score (nSPS) is 38.2. The van der Waals surface area contributed by atoms with Gasteiger partial charge in [-0.05, 0) is 91.9 Å². The number of rotatable bonds is 5.